The van der Waals surface area contributed by atoms with Crippen LogP contribution in [0.15, 0.2) is 138 Å². The normalized spacial score (nSPS) is 20.8. The molecule has 2 aromatic carbocycles. The summed E-state index contributed by atoms with van der Waals surface area (Å²) in [5, 5.41) is 0. The molecule has 0 spiro atoms. The highest BCUT2D eigenvalue weighted by Crippen LogP contribution is 2.43. The molecule has 0 amide bonds. The van der Waals surface area contributed by atoms with E-state index >= 15 is 0 Å². The Labute approximate surface area is 251 Å². The summed E-state index contributed by atoms with van der Waals surface area (Å²) in [5.74, 6) is 0.706. The first-order chi connectivity index (χ1) is 21.2. The standard InChI is InChI=1S/C37H30N6/c1-27-42-34(30-12-2-4-14-32(30)36(16-8-20-40-25-36)28-10-6-18-38-23-28)22-35(43-27)31-13-3-5-15-33(31)37(17-9-21-41-26-37)29-11-7-19-39-24-29/h2-24H,25-26H2,1H3. The van der Waals surface area contributed by atoms with Crippen molar-refractivity contribution >= 4 is 12.4 Å². The molecule has 0 N–H and O–H groups in total. The summed E-state index contributed by atoms with van der Waals surface area (Å²) in [7, 11) is 0. The Morgan fingerprint density at radius 3 is 1.49 bits per heavy atom. The van der Waals surface area contributed by atoms with Gasteiger partial charge in [0, 0.05) is 48.3 Å². The van der Waals surface area contributed by atoms with Gasteiger partial charge < -0.3 is 0 Å². The molecule has 0 aliphatic carbocycles. The second kappa shape index (κ2) is 11.1. The van der Waals surface area contributed by atoms with Crippen LogP contribution in [0.4, 0.5) is 0 Å². The zero-order valence-corrected chi connectivity index (χ0v) is 23.9. The number of allylic oxidation sites excluding steroid dienone is 2. The van der Waals surface area contributed by atoms with Gasteiger partial charge in [0.15, 0.2) is 0 Å². The molecule has 2 aliphatic heterocycles. The fourth-order valence-corrected chi connectivity index (χ4v) is 6.36. The van der Waals surface area contributed by atoms with Crippen LogP contribution in [-0.4, -0.2) is 45.5 Å². The topological polar surface area (TPSA) is 76.3 Å². The lowest BCUT2D eigenvalue weighted by Gasteiger charge is -2.34. The van der Waals surface area contributed by atoms with Gasteiger partial charge >= 0.3 is 0 Å². The predicted octanol–water partition coefficient (Wildman–Crippen LogP) is 6.76. The van der Waals surface area contributed by atoms with Crippen LogP contribution in [-0.2, 0) is 10.8 Å². The monoisotopic (exact) mass is 558 g/mol. The molecule has 43 heavy (non-hydrogen) atoms. The second-order valence-corrected chi connectivity index (χ2v) is 10.9. The van der Waals surface area contributed by atoms with Crippen LogP contribution in [0.3, 0.4) is 0 Å². The molecule has 5 aromatic rings. The van der Waals surface area contributed by atoms with Crippen molar-refractivity contribution in [3.8, 4) is 22.5 Å². The van der Waals surface area contributed by atoms with E-state index in [-0.39, 0.29) is 0 Å². The molecule has 0 saturated carbocycles. The third-order valence-electron chi connectivity index (χ3n) is 8.38. The molecule has 3 aromatic heterocycles. The van der Waals surface area contributed by atoms with E-state index < -0.39 is 10.8 Å². The first kappa shape index (κ1) is 26.5. The largest absolute Gasteiger partial charge is 0.292 e. The van der Waals surface area contributed by atoms with Gasteiger partial charge in [0.1, 0.15) is 5.82 Å². The third-order valence-corrected chi connectivity index (χ3v) is 8.38. The van der Waals surface area contributed by atoms with E-state index in [9.17, 15) is 0 Å². The number of benzene rings is 2. The van der Waals surface area contributed by atoms with E-state index in [0.717, 1.165) is 44.8 Å². The Kier molecular flexibility index (Phi) is 6.87. The van der Waals surface area contributed by atoms with E-state index in [0.29, 0.717) is 18.9 Å². The number of hydrogen-bond acceptors (Lipinski definition) is 6. The maximum absolute atomic E-state index is 4.99. The van der Waals surface area contributed by atoms with Crippen molar-refractivity contribution in [3.05, 3.63) is 156 Å². The van der Waals surface area contributed by atoms with E-state index in [4.69, 9.17) is 20.0 Å². The lowest BCUT2D eigenvalue weighted by atomic mass is 9.71. The number of hydrogen-bond donors (Lipinski definition) is 0. The Morgan fingerprint density at radius 2 is 1.07 bits per heavy atom. The number of dihydropyridines is 2. The van der Waals surface area contributed by atoms with Crippen molar-refractivity contribution in [1.29, 1.82) is 0 Å². The van der Waals surface area contributed by atoms with Gasteiger partial charge in [-0.2, -0.15) is 0 Å². The lowest BCUT2D eigenvalue weighted by molar-refractivity contribution is 0.650. The molecule has 0 fully saturated rings. The Balaban J connectivity index is 1.41. The summed E-state index contributed by atoms with van der Waals surface area (Å²) >= 11 is 0. The number of pyridine rings is 2. The minimum atomic E-state index is -0.466. The lowest BCUT2D eigenvalue weighted by Crippen LogP contribution is -2.32. The summed E-state index contributed by atoms with van der Waals surface area (Å²) in [6.45, 7) is 3.14. The van der Waals surface area contributed by atoms with Crippen LogP contribution >= 0.6 is 0 Å². The van der Waals surface area contributed by atoms with Crippen molar-refractivity contribution in [2.75, 3.05) is 13.1 Å². The van der Waals surface area contributed by atoms with E-state index in [1.54, 1.807) is 0 Å². The Bertz CT molecular complexity index is 1760. The van der Waals surface area contributed by atoms with Crippen LogP contribution in [0.2, 0.25) is 0 Å². The number of aromatic nitrogens is 4. The van der Waals surface area contributed by atoms with Crippen molar-refractivity contribution in [3.63, 3.8) is 0 Å². The fourth-order valence-electron chi connectivity index (χ4n) is 6.36. The van der Waals surface area contributed by atoms with Crippen LogP contribution in [0.25, 0.3) is 22.5 Å². The molecule has 2 atom stereocenters. The van der Waals surface area contributed by atoms with Gasteiger partial charge in [0.25, 0.3) is 0 Å². The summed E-state index contributed by atoms with van der Waals surface area (Å²) < 4.78 is 0. The summed E-state index contributed by atoms with van der Waals surface area (Å²) in [4.78, 5) is 28.3. The van der Waals surface area contributed by atoms with E-state index in [1.807, 2.05) is 68.4 Å². The smallest absolute Gasteiger partial charge is 0.126 e. The predicted molar refractivity (Wildman–Crippen MR) is 173 cm³/mol. The SMILES string of the molecule is Cc1nc(-c2ccccc2C2(c3cccnc3)C=CC=NC2)cc(-c2ccccc2C2(c3cccnc3)C=CC=NC2)n1. The van der Waals surface area contributed by atoms with Gasteiger partial charge in [-0.25, -0.2) is 9.97 Å². The fraction of sp³-hybridized carbons (Fsp3) is 0.135. The van der Waals surface area contributed by atoms with Gasteiger partial charge in [0.05, 0.1) is 35.3 Å². The van der Waals surface area contributed by atoms with Crippen molar-refractivity contribution in [1.82, 2.24) is 19.9 Å². The summed E-state index contributed by atoms with van der Waals surface area (Å²) in [5.41, 5.74) is 7.33. The molecule has 6 heteroatoms. The molecule has 2 unspecified atom stereocenters. The maximum atomic E-state index is 4.99. The average molecular weight is 559 g/mol. The zero-order valence-electron chi connectivity index (χ0n) is 23.9. The van der Waals surface area contributed by atoms with Gasteiger partial charge in [-0.05, 0) is 59.5 Å². The second-order valence-electron chi connectivity index (χ2n) is 10.9. The van der Waals surface area contributed by atoms with Crippen molar-refractivity contribution < 1.29 is 0 Å². The molecule has 6 nitrogen and oxygen atoms in total. The molecule has 0 bridgehead atoms. The molecule has 208 valence electrons. The molecular weight excluding hydrogens is 528 g/mol. The minimum absolute atomic E-state index is 0.466. The van der Waals surface area contributed by atoms with Crippen molar-refractivity contribution in [2.45, 2.75) is 17.8 Å². The van der Waals surface area contributed by atoms with Crippen LogP contribution in [0.1, 0.15) is 28.1 Å². The average Bonchev–Trinajstić information content (AvgIpc) is 3.09. The highest BCUT2D eigenvalue weighted by atomic mass is 14.9. The molecular formula is C37H30N6. The van der Waals surface area contributed by atoms with Gasteiger partial charge in [-0.1, -0.05) is 72.8 Å². The minimum Gasteiger partial charge on any atom is -0.292 e. The first-order valence-electron chi connectivity index (χ1n) is 14.4. The van der Waals surface area contributed by atoms with Crippen LogP contribution in [0, 0.1) is 6.92 Å². The summed E-state index contributed by atoms with van der Waals surface area (Å²) in [6, 6.07) is 27.3. The van der Waals surface area contributed by atoms with Crippen molar-refractivity contribution in [2.24, 2.45) is 9.98 Å². The van der Waals surface area contributed by atoms with Gasteiger partial charge in [-0.15, -0.1) is 0 Å². The van der Waals surface area contributed by atoms with Gasteiger partial charge in [-0.3, -0.25) is 20.0 Å². The number of rotatable bonds is 6. The molecule has 2 aliphatic rings. The molecule has 0 radical (unpaired) electrons. The molecule has 0 saturated heterocycles. The highest BCUT2D eigenvalue weighted by molar-refractivity contribution is 5.79. The number of nitrogens with zero attached hydrogens (tertiary/aromatic N) is 6. The van der Waals surface area contributed by atoms with Gasteiger partial charge in [0.2, 0.25) is 0 Å². The Hall–Kier alpha value is -5.36. The van der Waals surface area contributed by atoms with Crippen LogP contribution in [0.5, 0.6) is 0 Å². The zero-order chi connectivity index (χ0) is 29.1. The van der Waals surface area contributed by atoms with Crippen LogP contribution < -0.4 is 0 Å². The Morgan fingerprint density at radius 1 is 0.581 bits per heavy atom. The van der Waals surface area contributed by atoms with E-state index in [1.165, 1.54) is 0 Å². The molecule has 7 rings (SSSR count). The first-order valence-corrected chi connectivity index (χ1v) is 14.4. The number of aryl methyl sites for hydroxylation is 1. The number of aliphatic imine (C=N–C) groups is 2. The highest BCUT2D eigenvalue weighted by Gasteiger charge is 2.37. The maximum Gasteiger partial charge on any atom is 0.126 e. The van der Waals surface area contributed by atoms with E-state index in [2.05, 4.69) is 88.9 Å². The quantitative estimate of drug-likeness (QED) is 0.231. The summed E-state index contributed by atoms with van der Waals surface area (Å²) in [6.07, 6.45) is 19.7. The third kappa shape index (κ3) is 4.71. The molecule has 5 heterocycles.